The van der Waals surface area contributed by atoms with Gasteiger partial charge in [-0.15, -0.1) is 0 Å². The number of carbonyl (C=O) groups is 1. The highest BCUT2D eigenvalue weighted by molar-refractivity contribution is 7.95. The molecule has 0 bridgehead atoms. The first-order chi connectivity index (χ1) is 15.2. The van der Waals surface area contributed by atoms with E-state index in [1.807, 2.05) is 13.8 Å². The summed E-state index contributed by atoms with van der Waals surface area (Å²) in [5.74, 6) is -0.0652. The van der Waals surface area contributed by atoms with Gasteiger partial charge in [-0.25, -0.2) is 0 Å². The zero-order chi connectivity index (χ0) is 21.9. The van der Waals surface area contributed by atoms with E-state index < -0.39 is 7.26 Å². The van der Waals surface area contributed by atoms with Gasteiger partial charge in [0, 0.05) is 6.42 Å². The molecule has 3 rings (SSSR count). The van der Waals surface area contributed by atoms with Gasteiger partial charge >= 0.3 is 5.97 Å². The highest BCUT2D eigenvalue weighted by Gasteiger charge is 2.44. The Balaban J connectivity index is 1.81. The number of esters is 1. The fraction of sp³-hybridized carbons (Fsp3) is 0.321. The molecule has 0 spiro atoms. The molecule has 2 nitrogen and oxygen atoms in total. The number of hydrogen-bond acceptors (Lipinski definition) is 2. The van der Waals surface area contributed by atoms with Crippen molar-refractivity contribution in [3.05, 3.63) is 91.0 Å². The molecule has 1 atom stereocenters. The molecule has 0 heterocycles. The van der Waals surface area contributed by atoms with Gasteiger partial charge in [0.15, 0.2) is 0 Å². The molecule has 3 aromatic rings. The van der Waals surface area contributed by atoms with E-state index in [4.69, 9.17) is 4.74 Å². The van der Waals surface area contributed by atoms with Gasteiger partial charge in [-0.1, -0.05) is 61.5 Å². The quantitative estimate of drug-likeness (QED) is 0.214. The fourth-order valence-electron chi connectivity index (χ4n) is 4.04. The summed E-state index contributed by atoms with van der Waals surface area (Å²) in [6.07, 6.45) is 5.49. The molecular weight excluding hydrogens is 399 g/mol. The van der Waals surface area contributed by atoms with E-state index in [0.29, 0.717) is 6.42 Å². The van der Waals surface area contributed by atoms with Crippen molar-refractivity contribution in [1.82, 2.24) is 0 Å². The standard InChI is InChI=1S/C28H34O2P/c1-3-24(2)30-28(29)22-14-7-15-23-31(25-16-8-4-9-17-25,26-18-10-5-11-19-26)27-20-12-6-13-21-27/h4-6,8-13,16-21,24H,3,7,14-15,22-23H2,1-2H3/q+1. The molecule has 162 valence electrons. The van der Waals surface area contributed by atoms with Crippen molar-refractivity contribution in [2.45, 2.75) is 52.1 Å². The van der Waals surface area contributed by atoms with E-state index in [0.717, 1.165) is 31.8 Å². The first kappa shape index (κ1) is 23.2. The van der Waals surface area contributed by atoms with Gasteiger partial charge < -0.3 is 4.74 Å². The summed E-state index contributed by atoms with van der Waals surface area (Å²) < 4.78 is 5.42. The van der Waals surface area contributed by atoms with Gasteiger partial charge in [0.2, 0.25) is 0 Å². The van der Waals surface area contributed by atoms with Crippen LogP contribution < -0.4 is 15.9 Å². The lowest BCUT2D eigenvalue weighted by Crippen LogP contribution is -2.33. The number of ether oxygens (including phenoxy) is 1. The Bertz CT molecular complexity index is 813. The Hall–Kier alpha value is -2.44. The Morgan fingerprint density at radius 2 is 1.19 bits per heavy atom. The molecule has 1 unspecified atom stereocenters. The molecule has 0 aliphatic heterocycles. The van der Waals surface area contributed by atoms with Crippen molar-refractivity contribution >= 4 is 29.1 Å². The van der Waals surface area contributed by atoms with Gasteiger partial charge in [-0.3, -0.25) is 4.79 Å². The Labute approximate surface area is 188 Å². The lowest BCUT2D eigenvalue weighted by atomic mass is 10.2. The maximum atomic E-state index is 12.0. The average molecular weight is 434 g/mol. The summed E-state index contributed by atoms with van der Waals surface area (Å²) in [5, 5.41) is 4.26. The van der Waals surface area contributed by atoms with Crippen molar-refractivity contribution < 1.29 is 9.53 Å². The number of unbranched alkanes of at least 4 members (excludes halogenated alkanes) is 2. The first-order valence-electron chi connectivity index (χ1n) is 11.4. The molecule has 0 amide bonds. The Kier molecular flexibility index (Phi) is 8.85. The normalized spacial score (nSPS) is 12.3. The predicted octanol–water partition coefficient (Wildman–Crippen LogP) is 5.88. The van der Waals surface area contributed by atoms with E-state index in [9.17, 15) is 4.79 Å². The molecule has 0 aliphatic carbocycles. The zero-order valence-electron chi connectivity index (χ0n) is 18.7. The minimum atomic E-state index is -1.76. The molecule has 0 aromatic heterocycles. The monoisotopic (exact) mass is 433 g/mol. The molecule has 31 heavy (non-hydrogen) atoms. The third-order valence-corrected chi connectivity index (χ3v) is 10.4. The molecular formula is C28H34O2P+. The average Bonchev–Trinajstić information content (AvgIpc) is 2.83. The third kappa shape index (κ3) is 6.05. The number of carbonyl (C=O) groups excluding carboxylic acids is 1. The molecule has 0 N–H and O–H groups in total. The van der Waals surface area contributed by atoms with Crippen LogP contribution in [-0.2, 0) is 9.53 Å². The highest BCUT2D eigenvalue weighted by atomic mass is 31.2. The topological polar surface area (TPSA) is 26.3 Å². The smallest absolute Gasteiger partial charge is 0.306 e. The fourth-order valence-corrected chi connectivity index (χ4v) is 8.45. The summed E-state index contributed by atoms with van der Waals surface area (Å²) in [7, 11) is -1.76. The van der Waals surface area contributed by atoms with Gasteiger partial charge in [0.1, 0.15) is 23.2 Å². The van der Waals surface area contributed by atoms with Crippen molar-refractivity contribution in [1.29, 1.82) is 0 Å². The van der Waals surface area contributed by atoms with Crippen LogP contribution in [0.3, 0.4) is 0 Å². The van der Waals surface area contributed by atoms with Crippen molar-refractivity contribution in [2.24, 2.45) is 0 Å². The summed E-state index contributed by atoms with van der Waals surface area (Å²) >= 11 is 0. The van der Waals surface area contributed by atoms with E-state index in [2.05, 4.69) is 91.0 Å². The van der Waals surface area contributed by atoms with Crippen molar-refractivity contribution in [2.75, 3.05) is 6.16 Å². The molecule has 0 fully saturated rings. The molecule has 3 aromatic carbocycles. The van der Waals surface area contributed by atoms with Crippen LogP contribution in [0.5, 0.6) is 0 Å². The maximum Gasteiger partial charge on any atom is 0.306 e. The van der Waals surface area contributed by atoms with E-state index in [1.165, 1.54) is 15.9 Å². The largest absolute Gasteiger partial charge is 0.463 e. The summed E-state index contributed by atoms with van der Waals surface area (Å²) in [6.45, 7) is 3.99. The van der Waals surface area contributed by atoms with Crippen LogP contribution in [0.1, 0.15) is 46.0 Å². The second-order valence-corrected chi connectivity index (χ2v) is 11.7. The number of rotatable bonds is 11. The number of benzene rings is 3. The molecule has 0 saturated carbocycles. The molecule has 3 heteroatoms. The Morgan fingerprint density at radius 1 is 0.742 bits per heavy atom. The van der Waals surface area contributed by atoms with E-state index in [-0.39, 0.29) is 12.1 Å². The van der Waals surface area contributed by atoms with Gasteiger partial charge in [0.05, 0.1) is 12.3 Å². The van der Waals surface area contributed by atoms with Crippen molar-refractivity contribution in [3.8, 4) is 0 Å². The lowest BCUT2D eigenvalue weighted by molar-refractivity contribution is -0.148. The van der Waals surface area contributed by atoms with E-state index in [1.54, 1.807) is 0 Å². The molecule has 0 radical (unpaired) electrons. The predicted molar refractivity (Wildman–Crippen MR) is 134 cm³/mol. The maximum absolute atomic E-state index is 12.0. The zero-order valence-corrected chi connectivity index (χ0v) is 19.6. The van der Waals surface area contributed by atoms with Gasteiger partial charge in [-0.05, 0) is 69.0 Å². The van der Waals surface area contributed by atoms with Gasteiger partial charge in [0.25, 0.3) is 0 Å². The molecule has 0 aliphatic rings. The van der Waals surface area contributed by atoms with Crippen LogP contribution in [0.25, 0.3) is 0 Å². The van der Waals surface area contributed by atoms with Crippen LogP contribution in [-0.4, -0.2) is 18.2 Å². The SMILES string of the molecule is CCC(C)OC(=O)CCCCC[P+](c1ccccc1)(c1ccccc1)c1ccccc1. The highest BCUT2D eigenvalue weighted by Crippen LogP contribution is 2.55. The lowest BCUT2D eigenvalue weighted by Gasteiger charge is -2.27. The number of hydrogen-bond donors (Lipinski definition) is 0. The van der Waals surface area contributed by atoms with Crippen LogP contribution in [0.15, 0.2) is 91.0 Å². The Morgan fingerprint density at radius 3 is 1.61 bits per heavy atom. The second-order valence-electron chi connectivity index (χ2n) is 8.06. The third-order valence-electron chi connectivity index (χ3n) is 5.87. The van der Waals surface area contributed by atoms with Crippen LogP contribution >= 0.6 is 7.26 Å². The second kappa shape index (κ2) is 11.8. The molecule has 0 saturated heterocycles. The van der Waals surface area contributed by atoms with Crippen LogP contribution in [0.2, 0.25) is 0 Å². The van der Waals surface area contributed by atoms with E-state index >= 15 is 0 Å². The van der Waals surface area contributed by atoms with Crippen LogP contribution in [0.4, 0.5) is 0 Å². The van der Waals surface area contributed by atoms with Crippen LogP contribution in [0, 0.1) is 0 Å². The van der Waals surface area contributed by atoms with Crippen molar-refractivity contribution in [3.63, 3.8) is 0 Å². The minimum absolute atomic E-state index is 0.0142. The summed E-state index contributed by atoms with van der Waals surface area (Å²) in [4.78, 5) is 12.0. The summed E-state index contributed by atoms with van der Waals surface area (Å²) in [6, 6.07) is 32.9. The first-order valence-corrected chi connectivity index (χ1v) is 13.4. The van der Waals surface area contributed by atoms with Gasteiger partial charge in [-0.2, -0.15) is 0 Å². The minimum Gasteiger partial charge on any atom is -0.463 e. The summed E-state index contributed by atoms with van der Waals surface area (Å²) in [5.41, 5.74) is 0.